The van der Waals surface area contributed by atoms with E-state index in [0.29, 0.717) is 23.7 Å². The maximum absolute atomic E-state index is 13.4. The molecule has 4 rings (SSSR count). The van der Waals surface area contributed by atoms with Crippen LogP contribution in [-0.2, 0) is 17.9 Å². The molecular weight excluding hydrogens is 433 g/mol. The van der Waals surface area contributed by atoms with Crippen LogP contribution < -0.4 is 15.5 Å². The highest BCUT2D eigenvalue weighted by molar-refractivity contribution is 6.04. The van der Waals surface area contributed by atoms with E-state index in [-0.39, 0.29) is 30.0 Å². The smallest absolute Gasteiger partial charge is 0.247 e. The van der Waals surface area contributed by atoms with Crippen LogP contribution in [0.5, 0.6) is 0 Å². The van der Waals surface area contributed by atoms with Gasteiger partial charge in [-0.1, -0.05) is 13.8 Å². The number of hydrogen-bond donors (Lipinski definition) is 2. The first-order valence-corrected chi connectivity index (χ1v) is 10.6. The van der Waals surface area contributed by atoms with Crippen molar-refractivity contribution < 1.29 is 18.0 Å². The number of fused-ring (bicyclic) bond motifs is 1. The maximum atomic E-state index is 13.4. The molecule has 1 aliphatic rings. The van der Waals surface area contributed by atoms with Crippen molar-refractivity contribution in [1.82, 2.24) is 14.8 Å². The van der Waals surface area contributed by atoms with Gasteiger partial charge in [0.2, 0.25) is 5.91 Å². The van der Waals surface area contributed by atoms with E-state index < -0.39 is 17.5 Å². The SMILES string of the molecule is Cc1nc(NCc2cnn(Cc3cc(F)c(F)c(F)c3)c2)cc2c1NC(=O)C(C(C)C)N2C. The van der Waals surface area contributed by atoms with E-state index in [4.69, 9.17) is 0 Å². The molecule has 1 aromatic carbocycles. The third-order valence-electron chi connectivity index (χ3n) is 5.67. The predicted octanol–water partition coefficient (Wildman–Crippen LogP) is 4.08. The summed E-state index contributed by atoms with van der Waals surface area (Å²) in [5.41, 5.74) is 3.40. The number of nitrogens with zero attached hydrogens (tertiary/aromatic N) is 4. The summed E-state index contributed by atoms with van der Waals surface area (Å²) >= 11 is 0. The van der Waals surface area contributed by atoms with Gasteiger partial charge in [0, 0.05) is 31.4 Å². The van der Waals surface area contributed by atoms with E-state index in [1.807, 2.05) is 38.8 Å². The summed E-state index contributed by atoms with van der Waals surface area (Å²) in [5.74, 6) is -3.20. The van der Waals surface area contributed by atoms with E-state index in [1.54, 1.807) is 12.4 Å². The van der Waals surface area contributed by atoms with Gasteiger partial charge in [-0.25, -0.2) is 18.2 Å². The van der Waals surface area contributed by atoms with Crippen LogP contribution in [-0.4, -0.2) is 33.8 Å². The first-order chi connectivity index (χ1) is 15.6. The highest BCUT2D eigenvalue weighted by Crippen LogP contribution is 2.36. The summed E-state index contributed by atoms with van der Waals surface area (Å²) in [7, 11) is 1.90. The molecule has 2 aromatic heterocycles. The number of carbonyl (C=O) groups excluding carboxylic acids is 1. The lowest BCUT2D eigenvalue weighted by atomic mass is 9.98. The third-order valence-corrected chi connectivity index (χ3v) is 5.67. The molecule has 1 amide bonds. The molecule has 0 fully saturated rings. The Morgan fingerprint density at radius 3 is 2.52 bits per heavy atom. The van der Waals surface area contributed by atoms with E-state index >= 15 is 0 Å². The summed E-state index contributed by atoms with van der Waals surface area (Å²) < 4.78 is 41.5. The van der Waals surface area contributed by atoms with Gasteiger partial charge < -0.3 is 15.5 Å². The van der Waals surface area contributed by atoms with Gasteiger partial charge in [0.25, 0.3) is 0 Å². The van der Waals surface area contributed by atoms with Crippen molar-refractivity contribution >= 4 is 23.1 Å². The highest BCUT2D eigenvalue weighted by Gasteiger charge is 2.34. The Hall–Kier alpha value is -3.56. The Morgan fingerprint density at radius 2 is 1.85 bits per heavy atom. The number of hydrogen-bond acceptors (Lipinski definition) is 5. The molecule has 1 aliphatic heterocycles. The molecule has 33 heavy (non-hydrogen) atoms. The van der Waals surface area contributed by atoms with Gasteiger partial charge in [-0.2, -0.15) is 5.10 Å². The zero-order chi connectivity index (χ0) is 23.9. The van der Waals surface area contributed by atoms with Crippen LogP contribution in [0.25, 0.3) is 0 Å². The van der Waals surface area contributed by atoms with Crippen molar-refractivity contribution in [2.45, 2.75) is 39.9 Å². The number of nitrogens with one attached hydrogen (secondary N) is 2. The van der Waals surface area contributed by atoms with Gasteiger partial charge in [-0.3, -0.25) is 9.48 Å². The monoisotopic (exact) mass is 458 g/mol. The van der Waals surface area contributed by atoms with Gasteiger partial charge in [-0.15, -0.1) is 0 Å². The van der Waals surface area contributed by atoms with Crippen molar-refractivity contribution in [3.05, 3.63) is 64.9 Å². The molecule has 0 spiro atoms. The number of rotatable bonds is 6. The van der Waals surface area contributed by atoms with Gasteiger partial charge >= 0.3 is 0 Å². The van der Waals surface area contributed by atoms with Gasteiger partial charge in [0.1, 0.15) is 11.9 Å². The lowest BCUT2D eigenvalue weighted by Crippen LogP contribution is -2.49. The van der Waals surface area contributed by atoms with Crippen molar-refractivity contribution in [2.75, 3.05) is 22.6 Å². The number of amides is 1. The number of carbonyl (C=O) groups is 1. The van der Waals surface area contributed by atoms with Gasteiger partial charge in [0.15, 0.2) is 17.5 Å². The van der Waals surface area contributed by atoms with Gasteiger partial charge in [-0.05, 0) is 30.5 Å². The van der Waals surface area contributed by atoms with Crippen LogP contribution in [0.3, 0.4) is 0 Å². The first-order valence-electron chi connectivity index (χ1n) is 10.6. The van der Waals surface area contributed by atoms with Crippen molar-refractivity contribution in [3.8, 4) is 0 Å². The van der Waals surface area contributed by atoms with Crippen molar-refractivity contribution in [1.29, 1.82) is 0 Å². The molecule has 0 saturated heterocycles. The van der Waals surface area contributed by atoms with Crippen LogP contribution in [0.2, 0.25) is 0 Å². The average molecular weight is 458 g/mol. The van der Waals surface area contributed by atoms with E-state index in [2.05, 4.69) is 20.7 Å². The molecule has 0 aliphatic carbocycles. The fourth-order valence-electron chi connectivity index (χ4n) is 4.12. The molecule has 7 nitrogen and oxygen atoms in total. The summed E-state index contributed by atoms with van der Waals surface area (Å²) in [4.78, 5) is 19.0. The second-order valence-electron chi connectivity index (χ2n) is 8.55. The number of aromatic nitrogens is 3. The Labute approximate surface area is 189 Å². The zero-order valence-corrected chi connectivity index (χ0v) is 18.8. The number of aryl methyl sites for hydroxylation is 1. The minimum atomic E-state index is -1.48. The van der Waals surface area contributed by atoms with Gasteiger partial charge in [0.05, 0.1) is 29.8 Å². The van der Waals surface area contributed by atoms with Crippen LogP contribution >= 0.6 is 0 Å². The lowest BCUT2D eigenvalue weighted by Gasteiger charge is -2.38. The fourth-order valence-corrected chi connectivity index (χ4v) is 4.12. The number of halogens is 3. The minimum Gasteiger partial charge on any atom is -0.366 e. The Morgan fingerprint density at radius 1 is 1.15 bits per heavy atom. The Kier molecular flexibility index (Phi) is 6.01. The predicted molar refractivity (Wildman–Crippen MR) is 120 cm³/mol. The first kappa shape index (κ1) is 22.6. The van der Waals surface area contributed by atoms with Crippen LogP contribution in [0.1, 0.15) is 30.7 Å². The molecule has 3 heterocycles. The third kappa shape index (κ3) is 4.50. The molecule has 0 saturated carbocycles. The van der Waals surface area contributed by atoms with E-state index in [1.165, 1.54) is 4.68 Å². The van der Waals surface area contributed by atoms with Crippen LogP contribution in [0, 0.1) is 30.3 Å². The largest absolute Gasteiger partial charge is 0.366 e. The molecule has 174 valence electrons. The Bertz CT molecular complexity index is 1190. The van der Waals surface area contributed by atoms with Crippen molar-refractivity contribution in [2.24, 2.45) is 5.92 Å². The van der Waals surface area contributed by atoms with Crippen LogP contribution in [0.4, 0.5) is 30.4 Å². The molecule has 0 radical (unpaired) electrons. The maximum Gasteiger partial charge on any atom is 0.247 e. The summed E-state index contributed by atoms with van der Waals surface area (Å²) in [5, 5.41) is 10.4. The molecule has 2 N–H and O–H groups in total. The molecule has 0 bridgehead atoms. The Balaban J connectivity index is 1.47. The molecule has 10 heteroatoms. The molecular formula is C23H25F3N6O. The molecule has 1 atom stereocenters. The second-order valence-corrected chi connectivity index (χ2v) is 8.55. The number of anilines is 3. The fraction of sp³-hybridized carbons (Fsp3) is 0.348. The van der Waals surface area contributed by atoms with Crippen LogP contribution in [0.15, 0.2) is 30.6 Å². The van der Waals surface area contributed by atoms with Crippen molar-refractivity contribution in [3.63, 3.8) is 0 Å². The molecule has 3 aromatic rings. The number of benzene rings is 1. The van der Waals surface area contributed by atoms with E-state index in [0.717, 1.165) is 23.4 Å². The highest BCUT2D eigenvalue weighted by atomic mass is 19.2. The average Bonchev–Trinajstić information content (AvgIpc) is 3.18. The zero-order valence-electron chi connectivity index (χ0n) is 18.8. The normalized spacial score (nSPS) is 15.6. The summed E-state index contributed by atoms with van der Waals surface area (Å²) in [6.07, 6.45) is 3.37. The second kappa shape index (κ2) is 8.76. The lowest BCUT2D eigenvalue weighted by molar-refractivity contribution is -0.118. The molecule has 1 unspecified atom stereocenters. The quantitative estimate of drug-likeness (QED) is 0.545. The summed E-state index contributed by atoms with van der Waals surface area (Å²) in [6.45, 7) is 6.37. The minimum absolute atomic E-state index is 0.0426. The standard InChI is InChI=1S/C23H25F3N6O/c1-12(2)22-23(33)30-21-13(3)29-19(7-18(21)31(22)4)27-8-15-9-28-32(11-15)10-14-5-16(24)20(26)17(25)6-14/h5-7,9,11-12,22H,8,10H2,1-4H3,(H,27,29)(H,30,33). The van der Waals surface area contributed by atoms with E-state index in [9.17, 15) is 18.0 Å². The topological polar surface area (TPSA) is 75.1 Å². The summed E-state index contributed by atoms with van der Waals surface area (Å²) in [6, 6.07) is 3.53. The number of likely N-dealkylation sites (N-methyl/N-ethyl adjacent to an activating group) is 1. The number of pyridine rings is 1.